The second kappa shape index (κ2) is 5.96. The van der Waals surface area contributed by atoms with E-state index in [-0.39, 0.29) is 0 Å². The first-order valence-corrected chi connectivity index (χ1v) is 7.54. The first kappa shape index (κ1) is 14.4. The molecule has 0 radical (unpaired) electrons. The first-order valence-electron chi connectivity index (χ1n) is 7.54. The number of para-hydroxylation sites is 1. The molecule has 2 nitrogen and oxygen atoms in total. The van der Waals surface area contributed by atoms with Crippen LogP contribution >= 0.6 is 0 Å². The van der Waals surface area contributed by atoms with E-state index in [1.54, 1.807) is 0 Å². The number of anilines is 1. The van der Waals surface area contributed by atoms with Gasteiger partial charge in [-0.2, -0.15) is 0 Å². The van der Waals surface area contributed by atoms with Crippen molar-refractivity contribution < 1.29 is 0 Å². The van der Waals surface area contributed by atoms with Gasteiger partial charge in [-0.15, -0.1) is 0 Å². The maximum atomic E-state index is 3.64. The molecule has 0 spiro atoms. The van der Waals surface area contributed by atoms with Gasteiger partial charge in [0.05, 0.1) is 0 Å². The maximum Gasteiger partial charge on any atom is 0.0376 e. The van der Waals surface area contributed by atoms with E-state index in [1.165, 1.54) is 17.7 Å². The van der Waals surface area contributed by atoms with E-state index < -0.39 is 0 Å². The summed E-state index contributed by atoms with van der Waals surface area (Å²) in [6.45, 7) is 12.6. The predicted octanol–water partition coefficient (Wildman–Crippen LogP) is 3.86. The molecule has 1 aliphatic rings. The zero-order chi connectivity index (χ0) is 13.9. The van der Waals surface area contributed by atoms with Crippen molar-refractivity contribution in [2.24, 2.45) is 11.3 Å². The SMILES string of the molecule is CC(C)C(C)(C)CNCCC1CNc2ccccc21. The van der Waals surface area contributed by atoms with Crippen LogP contribution in [0.5, 0.6) is 0 Å². The highest BCUT2D eigenvalue weighted by atomic mass is 14.9. The van der Waals surface area contributed by atoms with Crippen molar-refractivity contribution in [1.82, 2.24) is 5.32 Å². The number of fused-ring (bicyclic) bond motifs is 1. The van der Waals surface area contributed by atoms with Crippen molar-refractivity contribution in [1.29, 1.82) is 0 Å². The fraction of sp³-hybridized carbons (Fsp3) is 0.647. The Hall–Kier alpha value is -1.02. The van der Waals surface area contributed by atoms with Gasteiger partial charge in [-0.05, 0) is 35.9 Å². The molecule has 19 heavy (non-hydrogen) atoms. The molecule has 0 aromatic heterocycles. The Morgan fingerprint density at radius 2 is 2.05 bits per heavy atom. The summed E-state index contributed by atoms with van der Waals surface area (Å²) >= 11 is 0. The third-order valence-electron chi connectivity index (χ3n) is 4.75. The van der Waals surface area contributed by atoms with Gasteiger partial charge in [0.2, 0.25) is 0 Å². The van der Waals surface area contributed by atoms with Gasteiger partial charge >= 0.3 is 0 Å². The molecular formula is C17H28N2. The lowest BCUT2D eigenvalue weighted by Gasteiger charge is -2.29. The average Bonchev–Trinajstić information content (AvgIpc) is 2.78. The Morgan fingerprint density at radius 3 is 2.79 bits per heavy atom. The van der Waals surface area contributed by atoms with Crippen molar-refractivity contribution in [3.63, 3.8) is 0 Å². The molecule has 0 aliphatic carbocycles. The molecule has 106 valence electrons. The number of nitrogens with one attached hydrogen (secondary N) is 2. The number of hydrogen-bond donors (Lipinski definition) is 2. The van der Waals surface area contributed by atoms with Gasteiger partial charge in [0.15, 0.2) is 0 Å². The third-order valence-corrected chi connectivity index (χ3v) is 4.75. The smallest absolute Gasteiger partial charge is 0.0376 e. The van der Waals surface area contributed by atoms with Crippen molar-refractivity contribution in [2.75, 3.05) is 25.0 Å². The van der Waals surface area contributed by atoms with Crippen LogP contribution in [-0.4, -0.2) is 19.6 Å². The quantitative estimate of drug-likeness (QED) is 0.759. The standard InChI is InChI=1S/C17H28N2/c1-13(2)17(3,4)12-18-10-9-14-11-19-16-8-6-5-7-15(14)16/h5-8,13-14,18-19H,9-12H2,1-4H3. The summed E-state index contributed by atoms with van der Waals surface area (Å²) in [5, 5.41) is 7.13. The largest absolute Gasteiger partial charge is 0.384 e. The molecule has 1 atom stereocenters. The first-order chi connectivity index (χ1) is 9.00. The lowest BCUT2D eigenvalue weighted by atomic mass is 9.81. The highest BCUT2D eigenvalue weighted by Gasteiger charge is 2.23. The van der Waals surface area contributed by atoms with Crippen LogP contribution in [0.1, 0.15) is 45.6 Å². The minimum atomic E-state index is 0.381. The maximum absolute atomic E-state index is 3.64. The Labute approximate surface area is 118 Å². The van der Waals surface area contributed by atoms with Crippen molar-refractivity contribution in [3.05, 3.63) is 29.8 Å². The normalized spacial score (nSPS) is 18.5. The lowest BCUT2D eigenvalue weighted by molar-refractivity contribution is 0.238. The van der Waals surface area contributed by atoms with Gasteiger partial charge in [-0.1, -0.05) is 45.9 Å². The fourth-order valence-electron chi connectivity index (χ4n) is 2.51. The molecule has 2 rings (SSSR count). The average molecular weight is 260 g/mol. The molecule has 0 fully saturated rings. The zero-order valence-corrected chi connectivity index (χ0v) is 12.8. The van der Waals surface area contributed by atoms with Crippen molar-refractivity contribution in [2.45, 2.75) is 40.0 Å². The summed E-state index contributed by atoms with van der Waals surface area (Å²) in [6.07, 6.45) is 1.22. The second-order valence-corrected chi connectivity index (χ2v) is 6.77. The molecule has 0 saturated carbocycles. The van der Waals surface area contributed by atoms with E-state index in [2.05, 4.69) is 62.6 Å². The van der Waals surface area contributed by atoms with Gasteiger partial charge < -0.3 is 10.6 Å². The second-order valence-electron chi connectivity index (χ2n) is 6.77. The third kappa shape index (κ3) is 3.50. The summed E-state index contributed by atoms with van der Waals surface area (Å²) in [5.74, 6) is 1.39. The molecule has 1 aliphatic heterocycles. The van der Waals surface area contributed by atoms with E-state index >= 15 is 0 Å². The van der Waals surface area contributed by atoms with Gasteiger partial charge in [0, 0.05) is 24.7 Å². The van der Waals surface area contributed by atoms with Crippen molar-refractivity contribution >= 4 is 5.69 Å². The minimum Gasteiger partial charge on any atom is -0.384 e. The van der Waals surface area contributed by atoms with Crippen LogP contribution in [0.3, 0.4) is 0 Å². The molecule has 2 N–H and O–H groups in total. The van der Waals surface area contributed by atoms with Crippen LogP contribution in [0.2, 0.25) is 0 Å². The van der Waals surface area contributed by atoms with Gasteiger partial charge in [0.25, 0.3) is 0 Å². The summed E-state index contributed by atoms with van der Waals surface area (Å²) in [5.41, 5.74) is 3.20. The lowest BCUT2D eigenvalue weighted by Crippen LogP contribution is -2.34. The topological polar surface area (TPSA) is 24.1 Å². The van der Waals surface area contributed by atoms with E-state index in [0.717, 1.165) is 19.6 Å². The van der Waals surface area contributed by atoms with E-state index in [9.17, 15) is 0 Å². The Balaban J connectivity index is 1.76. The molecule has 2 heteroatoms. The van der Waals surface area contributed by atoms with Crippen LogP contribution in [-0.2, 0) is 0 Å². The summed E-state index contributed by atoms with van der Waals surface area (Å²) in [6, 6.07) is 8.70. The monoisotopic (exact) mass is 260 g/mol. The Kier molecular flexibility index (Phi) is 4.51. The van der Waals surface area contributed by atoms with Gasteiger partial charge in [-0.25, -0.2) is 0 Å². The molecule has 0 amide bonds. The predicted molar refractivity (Wildman–Crippen MR) is 83.8 cm³/mol. The van der Waals surface area contributed by atoms with E-state index in [1.807, 2.05) is 0 Å². The van der Waals surface area contributed by atoms with Crippen LogP contribution in [0.4, 0.5) is 5.69 Å². The fourth-order valence-corrected chi connectivity index (χ4v) is 2.51. The highest BCUT2D eigenvalue weighted by Crippen LogP contribution is 2.33. The van der Waals surface area contributed by atoms with Crippen LogP contribution in [0, 0.1) is 11.3 Å². The summed E-state index contributed by atoms with van der Waals surface area (Å²) in [7, 11) is 0. The Bertz CT molecular complexity index is 409. The summed E-state index contributed by atoms with van der Waals surface area (Å²) < 4.78 is 0. The van der Waals surface area contributed by atoms with Gasteiger partial charge in [0.1, 0.15) is 0 Å². The van der Waals surface area contributed by atoms with Crippen LogP contribution in [0.25, 0.3) is 0 Å². The number of benzene rings is 1. The van der Waals surface area contributed by atoms with Crippen LogP contribution < -0.4 is 10.6 Å². The number of rotatable bonds is 6. The zero-order valence-electron chi connectivity index (χ0n) is 12.8. The molecule has 1 aromatic rings. The molecule has 0 bridgehead atoms. The molecular weight excluding hydrogens is 232 g/mol. The van der Waals surface area contributed by atoms with Crippen molar-refractivity contribution in [3.8, 4) is 0 Å². The van der Waals surface area contributed by atoms with Gasteiger partial charge in [-0.3, -0.25) is 0 Å². The Morgan fingerprint density at radius 1 is 1.32 bits per heavy atom. The summed E-state index contributed by atoms with van der Waals surface area (Å²) in [4.78, 5) is 0. The highest BCUT2D eigenvalue weighted by molar-refractivity contribution is 5.57. The van der Waals surface area contributed by atoms with Crippen LogP contribution in [0.15, 0.2) is 24.3 Å². The molecule has 0 saturated heterocycles. The molecule has 1 aromatic carbocycles. The van der Waals surface area contributed by atoms with E-state index in [0.29, 0.717) is 17.3 Å². The minimum absolute atomic E-state index is 0.381. The molecule has 1 unspecified atom stereocenters. The molecule has 1 heterocycles. The number of hydrogen-bond acceptors (Lipinski definition) is 2. The van der Waals surface area contributed by atoms with E-state index in [4.69, 9.17) is 0 Å².